The summed E-state index contributed by atoms with van der Waals surface area (Å²) in [6.07, 6.45) is 2.54. The number of hydrogen-bond acceptors (Lipinski definition) is 4. The zero-order valence-corrected chi connectivity index (χ0v) is 17.3. The Labute approximate surface area is 172 Å². The van der Waals surface area contributed by atoms with Gasteiger partial charge in [-0.2, -0.15) is 0 Å². The van der Waals surface area contributed by atoms with Crippen LogP contribution in [-0.4, -0.2) is 61.5 Å². The molecule has 156 valence electrons. The zero-order valence-electron chi connectivity index (χ0n) is 17.3. The van der Waals surface area contributed by atoms with Crippen LogP contribution in [0, 0.1) is 0 Å². The molecule has 0 spiro atoms. The number of benzene rings is 1. The van der Waals surface area contributed by atoms with Crippen molar-refractivity contribution < 1.29 is 13.9 Å². The van der Waals surface area contributed by atoms with Crippen LogP contribution in [0.15, 0.2) is 52.1 Å². The molecule has 0 bridgehead atoms. The third-order valence-corrected chi connectivity index (χ3v) is 4.97. The highest BCUT2D eigenvalue weighted by atomic mass is 16.5. The van der Waals surface area contributed by atoms with Crippen molar-refractivity contribution in [2.24, 2.45) is 4.99 Å². The lowest BCUT2D eigenvalue weighted by Crippen LogP contribution is -2.53. The first kappa shape index (κ1) is 20.9. The Hall–Kier alpha value is -2.80. The summed E-state index contributed by atoms with van der Waals surface area (Å²) in [6, 6.07) is 11.7. The Balaban J connectivity index is 1.52. The van der Waals surface area contributed by atoms with Gasteiger partial charge in [0.05, 0.1) is 12.9 Å². The molecular formula is C22H30N4O3. The molecule has 0 atom stereocenters. The van der Waals surface area contributed by atoms with Gasteiger partial charge in [0.2, 0.25) is 0 Å². The minimum Gasteiger partial charge on any atom is -0.459 e. The maximum Gasteiger partial charge on any atom is 0.289 e. The van der Waals surface area contributed by atoms with Crippen LogP contribution in [0.1, 0.15) is 35.0 Å². The number of ether oxygens (including phenoxy) is 1. The van der Waals surface area contributed by atoms with Crippen LogP contribution < -0.4 is 5.32 Å². The molecule has 0 unspecified atom stereocenters. The number of aliphatic imine (C=N–C) groups is 1. The molecule has 1 amide bonds. The van der Waals surface area contributed by atoms with Crippen molar-refractivity contribution in [3.05, 3.63) is 59.5 Å². The van der Waals surface area contributed by atoms with Crippen molar-refractivity contribution in [2.75, 3.05) is 39.8 Å². The van der Waals surface area contributed by atoms with Crippen molar-refractivity contribution in [3.63, 3.8) is 0 Å². The first-order valence-electron chi connectivity index (χ1n) is 10.2. The second-order valence-electron chi connectivity index (χ2n) is 6.98. The quantitative estimate of drug-likeness (QED) is 0.441. The highest BCUT2D eigenvalue weighted by Crippen LogP contribution is 2.12. The van der Waals surface area contributed by atoms with E-state index in [-0.39, 0.29) is 5.91 Å². The fraction of sp³-hybridized carbons (Fsp3) is 0.455. The first-order chi connectivity index (χ1) is 14.2. The Bertz CT molecular complexity index is 796. The van der Waals surface area contributed by atoms with E-state index in [1.54, 1.807) is 19.2 Å². The van der Waals surface area contributed by atoms with Gasteiger partial charge in [0.1, 0.15) is 0 Å². The van der Waals surface area contributed by atoms with Crippen LogP contribution in [0.3, 0.4) is 0 Å². The van der Waals surface area contributed by atoms with E-state index in [0.29, 0.717) is 32.0 Å². The summed E-state index contributed by atoms with van der Waals surface area (Å²) in [5, 5.41) is 3.46. The molecular weight excluding hydrogens is 368 g/mol. The van der Waals surface area contributed by atoms with E-state index >= 15 is 0 Å². The lowest BCUT2D eigenvalue weighted by Gasteiger charge is -2.36. The topological polar surface area (TPSA) is 70.3 Å². The normalized spacial score (nSPS) is 14.9. The summed E-state index contributed by atoms with van der Waals surface area (Å²) in [5.41, 5.74) is 2.40. The van der Waals surface area contributed by atoms with Crippen molar-refractivity contribution >= 4 is 11.9 Å². The van der Waals surface area contributed by atoms with Gasteiger partial charge < -0.3 is 24.3 Å². The Morgan fingerprint density at radius 3 is 2.48 bits per heavy atom. The molecule has 3 rings (SSSR count). The fourth-order valence-corrected chi connectivity index (χ4v) is 3.38. The van der Waals surface area contributed by atoms with E-state index in [9.17, 15) is 4.79 Å². The van der Waals surface area contributed by atoms with Crippen LogP contribution >= 0.6 is 0 Å². The zero-order chi connectivity index (χ0) is 20.5. The van der Waals surface area contributed by atoms with E-state index in [2.05, 4.69) is 34.3 Å². The monoisotopic (exact) mass is 398 g/mol. The molecule has 29 heavy (non-hydrogen) atoms. The second-order valence-corrected chi connectivity index (χ2v) is 6.98. The van der Waals surface area contributed by atoms with Gasteiger partial charge in [-0.25, -0.2) is 0 Å². The lowest BCUT2D eigenvalue weighted by molar-refractivity contribution is 0.0657. The van der Waals surface area contributed by atoms with Gasteiger partial charge in [-0.3, -0.25) is 9.79 Å². The van der Waals surface area contributed by atoms with Crippen LogP contribution in [0.25, 0.3) is 0 Å². The molecule has 0 saturated carbocycles. The van der Waals surface area contributed by atoms with Crippen LogP contribution in [0.2, 0.25) is 0 Å². The molecule has 1 N–H and O–H groups in total. The lowest BCUT2D eigenvalue weighted by atomic mass is 10.1. The number of nitrogens with zero attached hydrogens (tertiary/aromatic N) is 3. The Morgan fingerprint density at radius 1 is 1.10 bits per heavy atom. The standard InChI is InChI=1S/C22H30N4O3/c1-3-14-28-17-19-8-5-4-7-18(19)16-24-22(23-2)26-12-10-25(11-13-26)21(27)20-9-6-15-29-20/h4-9,15H,3,10-14,16-17H2,1-2H3,(H,23,24). The SMILES string of the molecule is CCCOCc1ccccc1CNC(=NC)N1CCN(C(=O)c2ccco2)CC1. The number of furan rings is 1. The average molecular weight is 399 g/mol. The fourth-order valence-electron chi connectivity index (χ4n) is 3.38. The number of carbonyl (C=O) groups is 1. The summed E-state index contributed by atoms with van der Waals surface area (Å²) in [5.74, 6) is 1.18. The molecule has 2 aromatic rings. The number of piperazine rings is 1. The largest absolute Gasteiger partial charge is 0.459 e. The molecule has 1 aromatic carbocycles. The Morgan fingerprint density at radius 2 is 1.83 bits per heavy atom. The number of carbonyl (C=O) groups excluding carboxylic acids is 1. The van der Waals surface area contributed by atoms with Crippen LogP contribution in [0.4, 0.5) is 0 Å². The number of rotatable bonds is 7. The summed E-state index contributed by atoms with van der Waals surface area (Å²) in [7, 11) is 1.79. The summed E-state index contributed by atoms with van der Waals surface area (Å²) in [6.45, 7) is 6.93. The molecule has 7 heteroatoms. The number of guanidine groups is 1. The third-order valence-electron chi connectivity index (χ3n) is 4.97. The van der Waals surface area contributed by atoms with Crippen molar-refractivity contribution in [2.45, 2.75) is 26.5 Å². The smallest absolute Gasteiger partial charge is 0.289 e. The van der Waals surface area contributed by atoms with Gasteiger partial charge in [-0.1, -0.05) is 31.2 Å². The first-order valence-corrected chi connectivity index (χ1v) is 10.2. The van der Waals surface area contributed by atoms with Gasteiger partial charge in [0, 0.05) is 46.4 Å². The Kier molecular flexibility index (Phi) is 7.69. The van der Waals surface area contributed by atoms with Gasteiger partial charge in [0.15, 0.2) is 11.7 Å². The minimum atomic E-state index is -0.0568. The van der Waals surface area contributed by atoms with Crippen molar-refractivity contribution in [1.82, 2.24) is 15.1 Å². The maximum absolute atomic E-state index is 12.4. The van der Waals surface area contributed by atoms with Gasteiger partial charge in [-0.15, -0.1) is 0 Å². The van der Waals surface area contributed by atoms with Crippen LogP contribution in [0.5, 0.6) is 0 Å². The number of nitrogens with one attached hydrogen (secondary N) is 1. The molecule has 7 nitrogen and oxygen atoms in total. The molecule has 0 radical (unpaired) electrons. The summed E-state index contributed by atoms with van der Waals surface area (Å²) in [4.78, 5) is 20.9. The van der Waals surface area contributed by atoms with Crippen LogP contribution in [-0.2, 0) is 17.9 Å². The average Bonchev–Trinajstić information content (AvgIpc) is 3.30. The van der Waals surface area contributed by atoms with E-state index < -0.39 is 0 Å². The van der Waals surface area contributed by atoms with E-state index in [1.165, 1.54) is 17.4 Å². The van der Waals surface area contributed by atoms with Gasteiger partial charge >= 0.3 is 0 Å². The predicted molar refractivity (Wildman–Crippen MR) is 113 cm³/mol. The molecule has 2 heterocycles. The van der Waals surface area contributed by atoms with Crippen molar-refractivity contribution in [3.8, 4) is 0 Å². The molecule has 1 fully saturated rings. The van der Waals surface area contributed by atoms with E-state index in [1.807, 2.05) is 17.0 Å². The van der Waals surface area contributed by atoms with E-state index in [0.717, 1.165) is 32.1 Å². The molecule has 1 aliphatic heterocycles. The molecule has 1 aliphatic rings. The highest BCUT2D eigenvalue weighted by Gasteiger charge is 2.25. The summed E-state index contributed by atoms with van der Waals surface area (Å²) >= 11 is 0. The second kappa shape index (κ2) is 10.7. The maximum atomic E-state index is 12.4. The molecule has 0 aliphatic carbocycles. The van der Waals surface area contributed by atoms with Crippen molar-refractivity contribution in [1.29, 1.82) is 0 Å². The predicted octanol–water partition coefficient (Wildman–Crippen LogP) is 2.74. The van der Waals surface area contributed by atoms with Gasteiger partial charge in [0.25, 0.3) is 5.91 Å². The van der Waals surface area contributed by atoms with E-state index in [4.69, 9.17) is 9.15 Å². The number of hydrogen-bond donors (Lipinski definition) is 1. The summed E-state index contributed by atoms with van der Waals surface area (Å²) < 4.78 is 10.9. The van der Waals surface area contributed by atoms with Gasteiger partial charge in [-0.05, 0) is 29.7 Å². The molecule has 1 saturated heterocycles. The highest BCUT2D eigenvalue weighted by molar-refractivity contribution is 5.91. The minimum absolute atomic E-state index is 0.0568. The third kappa shape index (κ3) is 5.60. The molecule has 1 aromatic heterocycles. The number of amides is 1.